The molecule has 1 nitrogen and oxygen atoms in total. The lowest BCUT2D eigenvalue weighted by Crippen LogP contribution is -2.31. The van der Waals surface area contributed by atoms with E-state index < -0.39 is 0 Å². The molecule has 0 bridgehead atoms. The Kier molecular flexibility index (Phi) is 3.91. The van der Waals surface area contributed by atoms with Crippen LogP contribution in [0, 0.1) is 13.8 Å². The predicted octanol–water partition coefficient (Wildman–Crippen LogP) is 2.57. The van der Waals surface area contributed by atoms with Gasteiger partial charge in [0.15, 0.2) is 0 Å². The molecule has 0 aliphatic rings. The van der Waals surface area contributed by atoms with Crippen LogP contribution in [0.4, 0.5) is 5.69 Å². The van der Waals surface area contributed by atoms with Crippen LogP contribution >= 0.6 is 0 Å². The Morgan fingerprint density at radius 1 is 1.05 bits per heavy atom. The molecule has 0 aliphatic heterocycles. The monoisotopic (exact) mass is 265 g/mol. The zero-order valence-electron chi connectivity index (χ0n) is 11.7. The first-order valence-electron chi connectivity index (χ1n) is 6.38. The zero-order valence-corrected chi connectivity index (χ0v) is 12.7. The van der Waals surface area contributed by atoms with Gasteiger partial charge in [0.2, 0.25) is 0 Å². The van der Waals surface area contributed by atoms with Crippen molar-refractivity contribution in [1.82, 2.24) is 0 Å². The van der Waals surface area contributed by atoms with Crippen LogP contribution in [-0.4, -0.2) is 9.52 Å². The fraction of sp³-hybridized carbons (Fsp3) is 0.176. The summed E-state index contributed by atoms with van der Waals surface area (Å²) < 4.78 is 0. The van der Waals surface area contributed by atoms with Crippen LogP contribution in [0.15, 0.2) is 43.0 Å². The first-order valence-corrected chi connectivity index (χ1v) is 7.38. The molecule has 2 radical (unpaired) electrons. The number of benzene rings is 2. The maximum Gasteiger partial charge on any atom is 0.124 e. The molecule has 0 spiro atoms. The minimum atomic E-state index is 0.594. The molecule has 0 aliphatic carbocycles. The lowest BCUT2D eigenvalue weighted by atomic mass is 10.1. The lowest BCUT2D eigenvalue weighted by molar-refractivity contribution is 1.37. The molecule has 0 saturated carbocycles. The highest BCUT2D eigenvalue weighted by molar-refractivity contribution is 6.69. The number of hydrogen-bond donors (Lipinski definition) is 1. The number of rotatable bonds is 3. The number of nitrogens with two attached hydrogens (primary N) is 1. The minimum Gasteiger partial charge on any atom is -0.398 e. The summed E-state index contributed by atoms with van der Waals surface area (Å²) in [5.41, 5.74) is 11.9. The molecule has 0 aromatic heterocycles. The van der Waals surface area contributed by atoms with Gasteiger partial charge in [-0.05, 0) is 48.2 Å². The summed E-state index contributed by atoms with van der Waals surface area (Å²) in [6.07, 6.45) is 0. The van der Waals surface area contributed by atoms with Crippen molar-refractivity contribution in [3.8, 4) is 0 Å². The summed E-state index contributed by atoms with van der Waals surface area (Å²) in [6.45, 7) is 10.3. The molecule has 0 heterocycles. The molecular formula is C17H19NSi. The summed E-state index contributed by atoms with van der Waals surface area (Å²) >= 11 is 0. The van der Waals surface area contributed by atoms with Gasteiger partial charge in [0, 0.05) is 5.69 Å². The number of para-hydroxylation sites is 1. The molecule has 0 saturated heterocycles. The van der Waals surface area contributed by atoms with Crippen LogP contribution in [-0.2, 0) is 0 Å². The fourth-order valence-corrected chi connectivity index (χ4v) is 3.38. The largest absolute Gasteiger partial charge is 0.398 e. The van der Waals surface area contributed by atoms with Crippen LogP contribution in [0.1, 0.15) is 23.6 Å². The molecule has 0 atom stereocenters. The van der Waals surface area contributed by atoms with E-state index in [-0.39, 0.29) is 0 Å². The number of allylic oxidation sites excluding steroid dienone is 1. The summed E-state index contributed by atoms with van der Waals surface area (Å²) in [7, 11) is 0.594. The molecule has 2 heteroatoms. The molecule has 2 rings (SSSR count). The molecule has 96 valence electrons. The third kappa shape index (κ3) is 2.79. The van der Waals surface area contributed by atoms with Gasteiger partial charge in [0.05, 0.1) is 0 Å². The van der Waals surface area contributed by atoms with E-state index in [0.29, 0.717) is 9.52 Å². The SMILES string of the molecule is C=C(C)c1cccc([Si]c2cccc(C)c2C)c1N. The summed E-state index contributed by atoms with van der Waals surface area (Å²) in [6, 6.07) is 12.7. The van der Waals surface area contributed by atoms with Crippen molar-refractivity contribution in [3.05, 3.63) is 59.7 Å². The Balaban J connectivity index is 2.42. The predicted molar refractivity (Wildman–Crippen MR) is 86.5 cm³/mol. The van der Waals surface area contributed by atoms with Gasteiger partial charge in [-0.2, -0.15) is 0 Å². The second-order valence-corrected chi connectivity index (χ2v) is 6.25. The molecular weight excluding hydrogens is 246 g/mol. The van der Waals surface area contributed by atoms with Gasteiger partial charge in [-0.25, -0.2) is 0 Å². The van der Waals surface area contributed by atoms with E-state index in [1.807, 2.05) is 13.0 Å². The molecule has 2 N–H and O–H groups in total. The zero-order chi connectivity index (χ0) is 14.0. The highest BCUT2D eigenvalue weighted by Gasteiger charge is 2.09. The van der Waals surface area contributed by atoms with Gasteiger partial charge >= 0.3 is 0 Å². The summed E-state index contributed by atoms with van der Waals surface area (Å²) in [5.74, 6) is 0. The molecule has 0 amide bonds. The van der Waals surface area contributed by atoms with E-state index >= 15 is 0 Å². The number of nitrogen functional groups attached to an aromatic ring is 1. The smallest absolute Gasteiger partial charge is 0.124 e. The molecule has 0 unspecified atom stereocenters. The van der Waals surface area contributed by atoms with Crippen LogP contribution in [0.3, 0.4) is 0 Å². The van der Waals surface area contributed by atoms with Crippen LogP contribution in [0.5, 0.6) is 0 Å². The van der Waals surface area contributed by atoms with Crippen molar-refractivity contribution >= 4 is 31.2 Å². The third-order valence-electron chi connectivity index (χ3n) is 3.44. The summed E-state index contributed by atoms with van der Waals surface area (Å²) in [5, 5.41) is 2.57. The van der Waals surface area contributed by atoms with Gasteiger partial charge < -0.3 is 5.73 Å². The van der Waals surface area contributed by atoms with E-state index in [2.05, 4.69) is 50.8 Å². The second-order valence-electron chi connectivity index (χ2n) is 4.92. The van der Waals surface area contributed by atoms with Crippen LogP contribution in [0.25, 0.3) is 5.57 Å². The average molecular weight is 265 g/mol. The number of hydrogen-bond acceptors (Lipinski definition) is 1. The van der Waals surface area contributed by atoms with Crippen molar-refractivity contribution in [3.63, 3.8) is 0 Å². The van der Waals surface area contributed by atoms with Crippen molar-refractivity contribution < 1.29 is 0 Å². The van der Waals surface area contributed by atoms with Crippen LogP contribution in [0.2, 0.25) is 0 Å². The minimum absolute atomic E-state index is 0.594. The maximum absolute atomic E-state index is 6.27. The highest BCUT2D eigenvalue weighted by atomic mass is 28.2. The fourth-order valence-electron chi connectivity index (χ4n) is 2.08. The first-order chi connectivity index (χ1) is 9.00. The second kappa shape index (κ2) is 5.45. The van der Waals surface area contributed by atoms with Crippen molar-refractivity contribution in [2.45, 2.75) is 20.8 Å². The lowest BCUT2D eigenvalue weighted by Gasteiger charge is -2.12. The summed E-state index contributed by atoms with van der Waals surface area (Å²) in [4.78, 5) is 0. The number of anilines is 1. The van der Waals surface area contributed by atoms with Gasteiger partial charge in [0.1, 0.15) is 9.52 Å². The van der Waals surface area contributed by atoms with Crippen molar-refractivity contribution in [1.29, 1.82) is 0 Å². The van der Waals surface area contributed by atoms with Gasteiger partial charge in [-0.3, -0.25) is 0 Å². The van der Waals surface area contributed by atoms with E-state index in [9.17, 15) is 0 Å². The Bertz CT molecular complexity index is 629. The van der Waals surface area contributed by atoms with Crippen molar-refractivity contribution in [2.24, 2.45) is 0 Å². The maximum atomic E-state index is 6.27. The Morgan fingerprint density at radius 2 is 1.68 bits per heavy atom. The normalized spacial score (nSPS) is 10.5. The Hall–Kier alpha value is -1.80. The number of aryl methyl sites for hydroxylation is 1. The van der Waals surface area contributed by atoms with Crippen molar-refractivity contribution in [2.75, 3.05) is 5.73 Å². The molecule has 0 fully saturated rings. The van der Waals surface area contributed by atoms with E-state index in [0.717, 1.165) is 16.8 Å². The van der Waals surface area contributed by atoms with E-state index in [4.69, 9.17) is 5.73 Å². The average Bonchev–Trinajstić information content (AvgIpc) is 2.37. The van der Waals surface area contributed by atoms with Gasteiger partial charge in [-0.1, -0.05) is 48.2 Å². The van der Waals surface area contributed by atoms with E-state index in [1.54, 1.807) is 0 Å². The van der Waals surface area contributed by atoms with Crippen LogP contribution < -0.4 is 16.1 Å². The Labute approximate surface area is 118 Å². The quantitative estimate of drug-likeness (QED) is 0.670. The first kappa shape index (κ1) is 13.6. The Morgan fingerprint density at radius 3 is 2.37 bits per heavy atom. The highest BCUT2D eigenvalue weighted by Crippen LogP contribution is 2.17. The van der Waals surface area contributed by atoms with Gasteiger partial charge in [0.25, 0.3) is 0 Å². The molecule has 19 heavy (non-hydrogen) atoms. The standard InChI is InChI=1S/C17H19NSi/c1-11(2)14-8-6-10-16(17(14)18)19-15-9-5-7-12(3)13(15)4/h5-10H,1,18H2,2-4H3. The molecule has 2 aromatic carbocycles. The van der Waals surface area contributed by atoms with Gasteiger partial charge in [-0.15, -0.1) is 0 Å². The third-order valence-corrected chi connectivity index (χ3v) is 4.96. The molecule has 2 aromatic rings. The topological polar surface area (TPSA) is 26.0 Å². The van der Waals surface area contributed by atoms with E-state index in [1.165, 1.54) is 21.5 Å².